The standard InChI is InChI=1S/C15H31N3/c1-4-14-6-5-8-18(10-14)15(11-16)7-9-17(12-15)13(2)3/h13-14H,4-12,16H2,1-3H3. The molecule has 2 aliphatic heterocycles. The van der Waals surface area contributed by atoms with Crippen LogP contribution in [-0.4, -0.2) is 54.1 Å². The number of hydrogen-bond acceptors (Lipinski definition) is 3. The predicted octanol–water partition coefficient (Wildman–Crippen LogP) is 1.92. The SMILES string of the molecule is CCC1CCCN(C2(CN)CCN(C(C)C)C2)C1. The first-order valence-electron chi connectivity index (χ1n) is 7.80. The average molecular weight is 253 g/mol. The summed E-state index contributed by atoms with van der Waals surface area (Å²) in [5, 5.41) is 0. The van der Waals surface area contributed by atoms with Gasteiger partial charge >= 0.3 is 0 Å². The molecule has 0 spiro atoms. The van der Waals surface area contributed by atoms with Gasteiger partial charge in [0.25, 0.3) is 0 Å². The molecule has 2 unspecified atom stereocenters. The average Bonchev–Trinajstić information content (AvgIpc) is 2.85. The summed E-state index contributed by atoms with van der Waals surface area (Å²) in [6.45, 7) is 12.7. The summed E-state index contributed by atoms with van der Waals surface area (Å²) in [6, 6.07) is 0.658. The number of likely N-dealkylation sites (tertiary alicyclic amines) is 2. The van der Waals surface area contributed by atoms with Crippen LogP contribution in [-0.2, 0) is 0 Å². The normalized spacial score (nSPS) is 35.5. The van der Waals surface area contributed by atoms with E-state index in [9.17, 15) is 0 Å². The first-order chi connectivity index (χ1) is 8.61. The third-order valence-corrected chi connectivity index (χ3v) is 5.24. The van der Waals surface area contributed by atoms with Crippen molar-refractivity contribution >= 4 is 0 Å². The highest BCUT2D eigenvalue weighted by atomic mass is 15.3. The van der Waals surface area contributed by atoms with Crippen molar-refractivity contribution in [1.82, 2.24) is 9.80 Å². The second-order valence-electron chi connectivity index (χ2n) is 6.61. The zero-order valence-electron chi connectivity index (χ0n) is 12.5. The van der Waals surface area contributed by atoms with Gasteiger partial charge in [0.2, 0.25) is 0 Å². The van der Waals surface area contributed by atoms with Crippen LogP contribution >= 0.6 is 0 Å². The molecule has 0 aromatic rings. The van der Waals surface area contributed by atoms with Crippen LogP contribution < -0.4 is 5.73 Å². The number of piperidine rings is 1. The molecule has 2 heterocycles. The summed E-state index contributed by atoms with van der Waals surface area (Å²) < 4.78 is 0. The van der Waals surface area contributed by atoms with Crippen molar-refractivity contribution < 1.29 is 0 Å². The minimum absolute atomic E-state index is 0.276. The maximum Gasteiger partial charge on any atom is 0.0470 e. The maximum atomic E-state index is 6.18. The van der Waals surface area contributed by atoms with Crippen LogP contribution in [0.25, 0.3) is 0 Å². The lowest BCUT2D eigenvalue weighted by molar-refractivity contribution is 0.0489. The zero-order valence-corrected chi connectivity index (χ0v) is 12.5. The molecular weight excluding hydrogens is 222 g/mol. The van der Waals surface area contributed by atoms with E-state index < -0.39 is 0 Å². The summed E-state index contributed by atoms with van der Waals surface area (Å²) in [5.74, 6) is 0.898. The van der Waals surface area contributed by atoms with Crippen molar-refractivity contribution in [2.45, 2.75) is 58.0 Å². The summed E-state index contributed by atoms with van der Waals surface area (Å²) in [7, 11) is 0. The fourth-order valence-electron chi connectivity index (χ4n) is 3.71. The second-order valence-corrected chi connectivity index (χ2v) is 6.61. The minimum Gasteiger partial charge on any atom is -0.329 e. The van der Waals surface area contributed by atoms with E-state index in [-0.39, 0.29) is 5.54 Å². The molecule has 0 saturated carbocycles. The smallest absolute Gasteiger partial charge is 0.0470 e. The van der Waals surface area contributed by atoms with E-state index in [4.69, 9.17) is 5.73 Å². The fourth-order valence-corrected chi connectivity index (χ4v) is 3.71. The highest BCUT2D eigenvalue weighted by Crippen LogP contribution is 2.33. The third-order valence-electron chi connectivity index (χ3n) is 5.24. The summed E-state index contributed by atoms with van der Waals surface area (Å²) >= 11 is 0. The Bertz CT molecular complexity index is 266. The first kappa shape index (κ1) is 14.3. The van der Waals surface area contributed by atoms with Crippen molar-refractivity contribution in [2.24, 2.45) is 11.7 Å². The summed E-state index contributed by atoms with van der Waals surface area (Å²) in [5.41, 5.74) is 6.46. The molecule has 2 aliphatic rings. The van der Waals surface area contributed by atoms with E-state index in [2.05, 4.69) is 30.6 Å². The Morgan fingerprint density at radius 3 is 2.67 bits per heavy atom. The van der Waals surface area contributed by atoms with Crippen molar-refractivity contribution in [2.75, 3.05) is 32.7 Å². The molecule has 0 aromatic carbocycles. The Balaban J connectivity index is 2.04. The second kappa shape index (κ2) is 5.89. The summed E-state index contributed by atoms with van der Waals surface area (Å²) in [4.78, 5) is 5.33. The van der Waals surface area contributed by atoms with E-state index in [0.717, 1.165) is 12.5 Å². The lowest BCUT2D eigenvalue weighted by atomic mass is 9.88. The van der Waals surface area contributed by atoms with Crippen molar-refractivity contribution in [3.8, 4) is 0 Å². The van der Waals surface area contributed by atoms with E-state index in [0.29, 0.717) is 6.04 Å². The van der Waals surface area contributed by atoms with E-state index in [1.165, 1.54) is 51.9 Å². The monoisotopic (exact) mass is 253 g/mol. The number of nitrogens with zero attached hydrogens (tertiary/aromatic N) is 2. The molecule has 3 nitrogen and oxygen atoms in total. The van der Waals surface area contributed by atoms with E-state index in [1.807, 2.05) is 0 Å². The molecule has 2 N–H and O–H groups in total. The number of nitrogens with two attached hydrogens (primary N) is 1. The fraction of sp³-hybridized carbons (Fsp3) is 1.00. The number of rotatable bonds is 4. The number of hydrogen-bond donors (Lipinski definition) is 1. The summed E-state index contributed by atoms with van der Waals surface area (Å²) in [6.07, 6.45) is 5.37. The molecule has 0 bridgehead atoms. The molecule has 0 aliphatic carbocycles. The Morgan fingerprint density at radius 2 is 2.11 bits per heavy atom. The van der Waals surface area contributed by atoms with Crippen LogP contribution in [0.2, 0.25) is 0 Å². The van der Waals surface area contributed by atoms with Gasteiger partial charge in [-0.05, 0) is 45.6 Å². The first-order valence-corrected chi connectivity index (χ1v) is 7.80. The Hall–Kier alpha value is -0.120. The van der Waals surface area contributed by atoms with Gasteiger partial charge in [0.05, 0.1) is 0 Å². The zero-order chi connectivity index (χ0) is 13.2. The van der Waals surface area contributed by atoms with Crippen LogP contribution in [0.15, 0.2) is 0 Å². The van der Waals surface area contributed by atoms with Gasteiger partial charge < -0.3 is 5.73 Å². The van der Waals surface area contributed by atoms with Crippen LogP contribution in [0.3, 0.4) is 0 Å². The van der Waals surface area contributed by atoms with Crippen molar-refractivity contribution in [1.29, 1.82) is 0 Å². The van der Waals surface area contributed by atoms with Crippen molar-refractivity contribution in [3.63, 3.8) is 0 Å². The van der Waals surface area contributed by atoms with E-state index >= 15 is 0 Å². The lowest BCUT2D eigenvalue weighted by Gasteiger charge is -2.45. The van der Waals surface area contributed by atoms with Gasteiger partial charge in [0.15, 0.2) is 0 Å². The van der Waals surface area contributed by atoms with Gasteiger partial charge in [-0.1, -0.05) is 13.3 Å². The quantitative estimate of drug-likeness (QED) is 0.831. The van der Waals surface area contributed by atoms with Gasteiger partial charge in [-0.2, -0.15) is 0 Å². The molecular formula is C15H31N3. The topological polar surface area (TPSA) is 32.5 Å². The maximum absolute atomic E-state index is 6.18. The van der Waals surface area contributed by atoms with Gasteiger partial charge in [-0.25, -0.2) is 0 Å². The minimum atomic E-state index is 0.276. The van der Waals surface area contributed by atoms with Crippen molar-refractivity contribution in [3.05, 3.63) is 0 Å². The van der Waals surface area contributed by atoms with Gasteiger partial charge in [-0.15, -0.1) is 0 Å². The Labute approximate surface area is 113 Å². The largest absolute Gasteiger partial charge is 0.329 e. The highest BCUT2D eigenvalue weighted by Gasteiger charge is 2.43. The van der Waals surface area contributed by atoms with Crippen LogP contribution in [0.5, 0.6) is 0 Å². The molecule has 2 fully saturated rings. The molecule has 3 heteroatoms. The van der Waals surface area contributed by atoms with Crippen LogP contribution in [0, 0.1) is 5.92 Å². The predicted molar refractivity (Wildman–Crippen MR) is 77.7 cm³/mol. The van der Waals surface area contributed by atoms with Crippen LogP contribution in [0.1, 0.15) is 46.5 Å². The van der Waals surface area contributed by atoms with Gasteiger partial charge in [-0.3, -0.25) is 9.80 Å². The molecule has 18 heavy (non-hydrogen) atoms. The molecule has 0 aromatic heterocycles. The van der Waals surface area contributed by atoms with Gasteiger partial charge in [0.1, 0.15) is 0 Å². The lowest BCUT2D eigenvalue weighted by Crippen LogP contribution is -2.58. The molecule has 2 atom stereocenters. The molecule has 0 amide bonds. The third kappa shape index (κ3) is 2.73. The molecule has 2 saturated heterocycles. The Kier molecular flexibility index (Phi) is 4.68. The van der Waals surface area contributed by atoms with Gasteiger partial charge in [0, 0.05) is 37.8 Å². The molecule has 106 valence electrons. The van der Waals surface area contributed by atoms with Crippen LogP contribution in [0.4, 0.5) is 0 Å². The van der Waals surface area contributed by atoms with E-state index in [1.54, 1.807) is 0 Å². The molecule has 2 rings (SSSR count). The highest BCUT2D eigenvalue weighted by molar-refractivity contribution is 5.01. The molecule has 0 radical (unpaired) electrons. The Morgan fingerprint density at radius 1 is 1.33 bits per heavy atom.